The van der Waals surface area contributed by atoms with Crippen LogP contribution >= 0.6 is 15.9 Å². The van der Waals surface area contributed by atoms with E-state index < -0.39 is 0 Å². The summed E-state index contributed by atoms with van der Waals surface area (Å²) in [5.41, 5.74) is 4.07. The van der Waals surface area contributed by atoms with Crippen LogP contribution in [-0.4, -0.2) is 71.5 Å². The second-order valence-electron chi connectivity index (χ2n) is 9.19. The molecule has 1 unspecified atom stereocenters. The van der Waals surface area contributed by atoms with Crippen LogP contribution in [0.4, 0.5) is 5.82 Å². The van der Waals surface area contributed by atoms with E-state index in [1.54, 1.807) is 6.20 Å². The van der Waals surface area contributed by atoms with Crippen molar-refractivity contribution in [2.24, 2.45) is 0 Å². The van der Waals surface area contributed by atoms with E-state index in [4.69, 9.17) is 4.98 Å². The highest BCUT2D eigenvalue weighted by Gasteiger charge is 2.15. The van der Waals surface area contributed by atoms with Crippen LogP contribution in [0.5, 0.6) is 0 Å². The lowest BCUT2D eigenvalue weighted by Crippen LogP contribution is -2.37. The number of rotatable bonds is 11. The van der Waals surface area contributed by atoms with Crippen LogP contribution in [0.3, 0.4) is 0 Å². The fraction of sp³-hybridized carbons (Fsp3) is 0.571. The van der Waals surface area contributed by atoms with E-state index in [2.05, 4.69) is 99.7 Å². The van der Waals surface area contributed by atoms with Crippen molar-refractivity contribution in [2.75, 3.05) is 46.2 Å². The first kappa shape index (κ1) is 30.2. The maximum atomic E-state index is 4.87. The van der Waals surface area contributed by atoms with Gasteiger partial charge in [-0.15, -0.1) is 0 Å². The summed E-state index contributed by atoms with van der Waals surface area (Å²) in [6.07, 6.45) is 8.54. The summed E-state index contributed by atoms with van der Waals surface area (Å²) in [6, 6.07) is 10.4. The number of benzene rings is 1. The molecule has 0 radical (unpaired) electrons. The molecule has 1 aliphatic rings. The predicted molar refractivity (Wildman–Crippen MR) is 158 cm³/mol. The molecule has 1 aliphatic carbocycles. The molecule has 1 fully saturated rings. The van der Waals surface area contributed by atoms with Gasteiger partial charge in [-0.3, -0.25) is 9.80 Å². The Morgan fingerprint density at radius 1 is 1.14 bits per heavy atom. The first-order valence-corrected chi connectivity index (χ1v) is 14.1. The molecular formula is C28H46BrN7. The Morgan fingerprint density at radius 2 is 1.83 bits per heavy atom. The third-order valence-corrected chi connectivity index (χ3v) is 6.33. The lowest BCUT2D eigenvalue weighted by molar-refractivity contribution is 0.180. The van der Waals surface area contributed by atoms with Gasteiger partial charge in [-0.1, -0.05) is 64.3 Å². The van der Waals surface area contributed by atoms with Gasteiger partial charge in [0, 0.05) is 11.6 Å². The van der Waals surface area contributed by atoms with E-state index in [-0.39, 0.29) is 6.17 Å². The molecule has 2 aromatic heterocycles. The maximum absolute atomic E-state index is 4.87. The van der Waals surface area contributed by atoms with Crippen molar-refractivity contribution >= 4 is 27.4 Å². The molecule has 0 spiro atoms. The van der Waals surface area contributed by atoms with Crippen molar-refractivity contribution in [1.82, 2.24) is 29.7 Å². The van der Waals surface area contributed by atoms with Crippen LogP contribution in [0, 0.1) is 6.92 Å². The third kappa shape index (κ3) is 9.47. The van der Waals surface area contributed by atoms with Crippen LogP contribution in [0.2, 0.25) is 0 Å². The Bertz CT molecular complexity index is 1030. The summed E-state index contributed by atoms with van der Waals surface area (Å²) in [7, 11) is 6.22. The van der Waals surface area contributed by atoms with Gasteiger partial charge in [-0.25, -0.2) is 4.98 Å². The van der Waals surface area contributed by atoms with Gasteiger partial charge < -0.3 is 10.6 Å². The number of nitrogens with zero attached hydrogens (tertiary/aromatic N) is 5. The summed E-state index contributed by atoms with van der Waals surface area (Å²) in [5, 5.41) is 11.6. The van der Waals surface area contributed by atoms with E-state index in [0.717, 1.165) is 59.8 Å². The van der Waals surface area contributed by atoms with Gasteiger partial charge in [0.2, 0.25) is 0 Å². The van der Waals surface area contributed by atoms with Gasteiger partial charge in [0.25, 0.3) is 0 Å². The molecule has 1 aromatic carbocycles. The van der Waals surface area contributed by atoms with Crippen LogP contribution in [0.1, 0.15) is 58.4 Å². The first-order chi connectivity index (χ1) is 17.4. The molecule has 0 aliphatic heterocycles. The number of hydrogen-bond acceptors (Lipinski definition) is 6. The quantitative estimate of drug-likeness (QED) is 0.271. The summed E-state index contributed by atoms with van der Waals surface area (Å²) in [5.74, 6) is 0.925. The molecule has 7 nitrogen and oxygen atoms in total. The molecule has 200 valence electrons. The second kappa shape index (κ2) is 16.0. The number of hydrogen-bond donors (Lipinski definition) is 2. The van der Waals surface area contributed by atoms with Crippen LogP contribution in [-0.2, 0) is 0 Å². The van der Waals surface area contributed by atoms with Gasteiger partial charge in [-0.2, -0.15) is 9.61 Å². The lowest BCUT2D eigenvalue weighted by Gasteiger charge is -2.26. The Morgan fingerprint density at radius 3 is 2.42 bits per heavy atom. The molecule has 0 amide bonds. The highest BCUT2D eigenvalue weighted by Crippen LogP contribution is 2.28. The van der Waals surface area contributed by atoms with Gasteiger partial charge in [0.15, 0.2) is 5.65 Å². The molecule has 0 bridgehead atoms. The molecule has 8 heteroatoms. The van der Waals surface area contributed by atoms with Crippen LogP contribution in [0.15, 0.2) is 41.0 Å². The van der Waals surface area contributed by atoms with Crippen molar-refractivity contribution in [3.8, 4) is 11.3 Å². The predicted octanol–water partition coefficient (Wildman–Crippen LogP) is 6.24. The molecule has 1 saturated carbocycles. The van der Waals surface area contributed by atoms with E-state index in [9.17, 15) is 0 Å². The Labute approximate surface area is 226 Å². The average Bonchev–Trinajstić information content (AvgIpc) is 3.73. The number of fused-ring (bicyclic) bond motifs is 1. The zero-order valence-electron chi connectivity index (χ0n) is 23.3. The fourth-order valence-electron chi connectivity index (χ4n) is 3.75. The minimum atomic E-state index is 0.136. The molecule has 2 heterocycles. The highest BCUT2D eigenvalue weighted by atomic mass is 79.9. The molecule has 2 N–H and O–H groups in total. The number of aryl methyl sites for hydroxylation is 1. The maximum Gasteiger partial charge on any atom is 0.172 e. The largest absolute Gasteiger partial charge is 0.355 e. The van der Waals surface area contributed by atoms with Crippen molar-refractivity contribution < 1.29 is 0 Å². The van der Waals surface area contributed by atoms with Crippen molar-refractivity contribution in [1.29, 1.82) is 0 Å². The SMILES string of the molecule is C1CC1.CC.CCN(CCCC(NC)Nc1cc(-c2ccccc2C)nc2c(Br)cnn12)CN(C)C. The summed E-state index contributed by atoms with van der Waals surface area (Å²) in [4.78, 5) is 9.54. The average molecular weight is 561 g/mol. The van der Waals surface area contributed by atoms with E-state index in [1.807, 2.05) is 25.4 Å². The molecule has 1 atom stereocenters. The minimum absolute atomic E-state index is 0.136. The fourth-order valence-corrected chi connectivity index (χ4v) is 4.10. The zero-order chi connectivity index (χ0) is 26.5. The van der Waals surface area contributed by atoms with E-state index >= 15 is 0 Å². The van der Waals surface area contributed by atoms with Gasteiger partial charge in [0.1, 0.15) is 5.82 Å². The lowest BCUT2D eigenvalue weighted by atomic mass is 10.1. The van der Waals surface area contributed by atoms with Crippen molar-refractivity contribution in [3.63, 3.8) is 0 Å². The minimum Gasteiger partial charge on any atom is -0.355 e. The van der Waals surface area contributed by atoms with E-state index in [0.29, 0.717) is 0 Å². The molecule has 3 aromatic rings. The normalized spacial score (nSPS) is 13.2. The van der Waals surface area contributed by atoms with E-state index in [1.165, 1.54) is 24.8 Å². The number of aromatic nitrogens is 3. The highest BCUT2D eigenvalue weighted by molar-refractivity contribution is 9.10. The third-order valence-electron chi connectivity index (χ3n) is 5.77. The number of anilines is 1. The monoisotopic (exact) mass is 559 g/mol. The first-order valence-electron chi connectivity index (χ1n) is 13.3. The molecule has 0 saturated heterocycles. The summed E-state index contributed by atoms with van der Waals surface area (Å²) >= 11 is 3.60. The second-order valence-corrected chi connectivity index (χ2v) is 10.0. The number of nitrogens with one attached hydrogen (secondary N) is 2. The smallest absolute Gasteiger partial charge is 0.172 e. The van der Waals surface area contributed by atoms with Crippen molar-refractivity contribution in [2.45, 2.75) is 66.0 Å². The molecule has 36 heavy (non-hydrogen) atoms. The summed E-state index contributed by atoms with van der Waals surface area (Å²) in [6.45, 7) is 11.4. The molecular weight excluding hydrogens is 514 g/mol. The Hall–Kier alpha value is -2.00. The van der Waals surface area contributed by atoms with Crippen molar-refractivity contribution in [3.05, 3.63) is 46.6 Å². The van der Waals surface area contributed by atoms with Gasteiger partial charge in [0.05, 0.1) is 29.2 Å². The van der Waals surface area contributed by atoms with Gasteiger partial charge >= 0.3 is 0 Å². The summed E-state index contributed by atoms with van der Waals surface area (Å²) < 4.78 is 2.75. The van der Waals surface area contributed by atoms with Crippen LogP contribution in [0.25, 0.3) is 16.9 Å². The Balaban J connectivity index is 0.000000829. The Kier molecular flexibility index (Phi) is 13.4. The standard InChI is InChI=1S/C23H34BrN7.C3H6.C2H6/c1-6-30(16-29(4)5)13-9-12-21(25-3)28-22-14-20(18-11-8-7-10-17(18)2)27-23-19(24)15-26-31(22)23;1-2-3-1;1-2/h7-8,10-11,14-15,21,25,28H,6,9,12-13,16H2,1-5H3;1-3H2;1-2H3. The van der Waals surface area contributed by atoms with Crippen LogP contribution < -0.4 is 10.6 Å². The van der Waals surface area contributed by atoms with Gasteiger partial charge in [-0.05, 0) is 75.5 Å². The number of halogens is 1. The topological polar surface area (TPSA) is 60.7 Å². The molecule has 4 rings (SSSR count). The zero-order valence-corrected chi connectivity index (χ0v) is 24.9.